The molecule has 1 atom stereocenters. The molecule has 1 fully saturated rings. The Hall–Kier alpha value is -2.37. The minimum absolute atomic E-state index is 0.120. The molecule has 1 aromatic carbocycles. The van der Waals surface area contributed by atoms with Crippen LogP contribution >= 0.6 is 0 Å². The van der Waals surface area contributed by atoms with Gasteiger partial charge < -0.3 is 9.80 Å². The molecule has 2 aliphatic heterocycles. The summed E-state index contributed by atoms with van der Waals surface area (Å²) in [6.07, 6.45) is 0.663. The topological polar surface area (TPSA) is 69.7 Å². The fourth-order valence-electron chi connectivity index (χ4n) is 3.25. The SMILES string of the molecule is Cc1ccc(N(C)C)c2c1C(=O)N(C1CCC(=O)NC1=O)C2. The minimum Gasteiger partial charge on any atom is -0.377 e. The highest BCUT2D eigenvalue weighted by molar-refractivity contribution is 6.06. The molecule has 6 nitrogen and oxygen atoms in total. The van der Waals surface area contributed by atoms with Crippen molar-refractivity contribution in [3.63, 3.8) is 0 Å². The van der Waals surface area contributed by atoms with Crippen LogP contribution < -0.4 is 10.2 Å². The van der Waals surface area contributed by atoms with Gasteiger partial charge in [0.25, 0.3) is 5.91 Å². The highest BCUT2D eigenvalue weighted by Gasteiger charge is 2.40. The van der Waals surface area contributed by atoms with Crippen molar-refractivity contribution >= 4 is 23.4 Å². The summed E-state index contributed by atoms with van der Waals surface area (Å²) in [6, 6.07) is 3.36. The summed E-state index contributed by atoms with van der Waals surface area (Å²) in [5.74, 6) is -0.761. The fourth-order valence-corrected chi connectivity index (χ4v) is 3.25. The van der Waals surface area contributed by atoms with E-state index in [1.165, 1.54) is 0 Å². The van der Waals surface area contributed by atoms with Gasteiger partial charge in [-0.3, -0.25) is 19.7 Å². The molecule has 6 heteroatoms. The van der Waals surface area contributed by atoms with E-state index in [1.54, 1.807) is 4.90 Å². The van der Waals surface area contributed by atoms with E-state index in [9.17, 15) is 14.4 Å². The van der Waals surface area contributed by atoms with Crippen LogP contribution in [0.15, 0.2) is 12.1 Å². The molecule has 0 aliphatic carbocycles. The van der Waals surface area contributed by atoms with Crippen LogP contribution in [-0.2, 0) is 16.1 Å². The predicted octanol–water partition coefficient (Wildman–Crippen LogP) is 0.822. The van der Waals surface area contributed by atoms with Gasteiger partial charge in [-0.05, 0) is 25.0 Å². The number of nitrogens with zero attached hydrogens (tertiary/aromatic N) is 2. The first-order valence-corrected chi connectivity index (χ1v) is 7.34. The second-order valence-corrected chi connectivity index (χ2v) is 6.05. The molecule has 1 aromatic rings. The van der Waals surface area contributed by atoms with E-state index >= 15 is 0 Å². The minimum atomic E-state index is -0.563. The largest absolute Gasteiger partial charge is 0.377 e. The van der Waals surface area contributed by atoms with Gasteiger partial charge in [-0.25, -0.2) is 0 Å². The van der Waals surface area contributed by atoms with Crippen LogP contribution in [0.2, 0.25) is 0 Å². The molecule has 22 heavy (non-hydrogen) atoms. The first-order valence-electron chi connectivity index (χ1n) is 7.34. The van der Waals surface area contributed by atoms with Crippen molar-refractivity contribution < 1.29 is 14.4 Å². The zero-order valence-corrected chi connectivity index (χ0v) is 13.0. The summed E-state index contributed by atoms with van der Waals surface area (Å²) in [5, 5.41) is 2.32. The lowest BCUT2D eigenvalue weighted by atomic mass is 10.0. The lowest BCUT2D eigenvalue weighted by Gasteiger charge is -2.29. The number of rotatable bonds is 2. The molecule has 1 saturated heterocycles. The Labute approximate surface area is 129 Å². The average molecular weight is 301 g/mol. The van der Waals surface area contributed by atoms with Crippen molar-refractivity contribution in [1.29, 1.82) is 0 Å². The number of hydrogen-bond acceptors (Lipinski definition) is 4. The number of piperidine rings is 1. The van der Waals surface area contributed by atoms with Crippen LogP contribution in [0, 0.1) is 6.92 Å². The molecular formula is C16H19N3O3. The monoisotopic (exact) mass is 301 g/mol. The highest BCUT2D eigenvalue weighted by atomic mass is 16.2. The van der Waals surface area contributed by atoms with E-state index in [-0.39, 0.29) is 24.1 Å². The summed E-state index contributed by atoms with van der Waals surface area (Å²) in [5.41, 5.74) is 3.56. The van der Waals surface area contributed by atoms with Crippen molar-refractivity contribution in [3.8, 4) is 0 Å². The normalized spacial score (nSPS) is 21.0. The Bertz CT molecular complexity index is 681. The third kappa shape index (κ3) is 2.15. The van der Waals surface area contributed by atoms with Crippen LogP contribution in [-0.4, -0.2) is 42.8 Å². The zero-order chi connectivity index (χ0) is 16.0. The zero-order valence-electron chi connectivity index (χ0n) is 13.0. The number of hydrogen-bond donors (Lipinski definition) is 1. The van der Waals surface area contributed by atoms with E-state index in [2.05, 4.69) is 5.32 Å². The molecule has 0 bridgehead atoms. The Kier molecular flexibility index (Phi) is 3.39. The molecule has 1 unspecified atom stereocenters. The molecule has 1 N–H and O–H groups in total. The predicted molar refractivity (Wildman–Crippen MR) is 81.6 cm³/mol. The van der Waals surface area contributed by atoms with Crippen molar-refractivity contribution in [1.82, 2.24) is 10.2 Å². The molecule has 0 spiro atoms. The van der Waals surface area contributed by atoms with Crippen LogP contribution in [0.1, 0.15) is 34.3 Å². The number of benzene rings is 1. The maximum Gasteiger partial charge on any atom is 0.255 e. The average Bonchev–Trinajstić information content (AvgIpc) is 2.77. The molecular weight excluding hydrogens is 282 g/mol. The smallest absolute Gasteiger partial charge is 0.255 e. The maximum atomic E-state index is 12.8. The van der Waals surface area contributed by atoms with Gasteiger partial charge in [-0.1, -0.05) is 6.07 Å². The van der Waals surface area contributed by atoms with Crippen molar-refractivity contribution in [2.45, 2.75) is 32.4 Å². The summed E-state index contributed by atoms with van der Waals surface area (Å²) in [6.45, 7) is 2.32. The van der Waals surface area contributed by atoms with Gasteiger partial charge in [-0.2, -0.15) is 0 Å². The second kappa shape index (κ2) is 5.12. The van der Waals surface area contributed by atoms with Gasteiger partial charge in [0.05, 0.1) is 0 Å². The Morgan fingerprint density at radius 1 is 1.23 bits per heavy atom. The Morgan fingerprint density at radius 3 is 2.59 bits per heavy atom. The number of nitrogens with one attached hydrogen (secondary N) is 1. The number of anilines is 1. The van der Waals surface area contributed by atoms with Gasteiger partial charge in [-0.15, -0.1) is 0 Å². The van der Waals surface area contributed by atoms with Gasteiger partial charge in [0, 0.05) is 43.9 Å². The molecule has 0 saturated carbocycles. The van der Waals surface area contributed by atoms with Gasteiger partial charge in [0.1, 0.15) is 6.04 Å². The van der Waals surface area contributed by atoms with Crippen LogP contribution in [0.25, 0.3) is 0 Å². The molecule has 2 heterocycles. The van der Waals surface area contributed by atoms with E-state index in [4.69, 9.17) is 0 Å². The number of amides is 3. The highest BCUT2D eigenvalue weighted by Crippen LogP contribution is 2.35. The van der Waals surface area contributed by atoms with E-state index < -0.39 is 6.04 Å². The maximum absolute atomic E-state index is 12.8. The summed E-state index contributed by atoms with van der Waals surface area (Å²) >= 11 is 0. The van der Waals surface area contributed by atoms with Crippen LogP contribution in [0.4, 0.5) is 5.69 Å². The first-order chi connectivity index (χ1) is 10.4. The van der Waals surface area contributed by atoms with Crippen molar-refractivity contribution in [2.24, 2.45) is 0 Å². The lowest BCUT2D eigenvalue weighted by Crippen LogP contribution is -2.52. The Morgan fingerprint density at radius 2 is 1.95 bits per heavy atom. The quantitative estimate of drug-likeness (QED) is 0.821. The fraction of sp³-hybridized carbons (Fsp3) is 0.438. The second-order valence-electron chi connectivity index (χ2n) is 6.05. The summed E-state index contributed by atoms with van der Waals surface area (Å²) in [7, 11) is 3.87. The third-order valence-corrected chi connectivity index (χ3v) is 4.37. The van der Waals surface area contributed by atoms with E-state index in [0.717, 1.165) is 16.8 Å². The molecule has 3 amide bonds. The number of carbonyl (C=O) groups excluding carboxylic acids is 3. The van der Waals surface area contributed by atoms with E-state index in [1.807, 2.05) is 38.1 Å². The lowest BCUT2D eigenvalue weighted by molar-refractivity contribution is -0.136. The number of aryl methyl sites for hydroxylation is 1. The Balaban J connectivity index is 1.97. The van der Waals surface area contributed by atoms with Crippen molar-refractivity contribution in [2.75, 3.05) is 19.0 Å². The molecule has 0 aromatic heterocycles. The summed E-state index contributed by atoms with van der Waals surface area (Å²) in [4.78, 5) is 39.7. The van der Waals surface area contributed by atoms with E-state index in [0.29, 0.717) is 18.5 Å². The van der Waals surface area contributed by atoms with Crippen molar-refractivity contribution in [3.05, 3.63) is 28.8 Å². The summed E-state index contributed by atoms with van der Waals surface area (Å²) < 4.78 is 0. The first kappa shape index (κ1) is 14.6. The molecule has 0 radical (unpaired) electrons. The number of carbonyl (C=O) groups is 3. The molecule has 3 rings (SSSR count). The third-order valence-electron chi connectivity index (χ3n) is 4.37. The van der Waals surface area contributed by atoms with Gasteiger partial charge in [0.2, 0.25) is 11.8 Å². The standard InChI is InChI=1S/C16H19N3O3/c1-9-4-5-11(18(2)3)10-8-19(16(22)14(9)10)12-6-7-13(20)17-15(12)21/h4-5,12H,6-8H2,1-3H3,(H,17,20,21). The van der Waals surface area contributed by atoms with Gasteiger partial charge in [0.15, 0.2) is 0 Å². The van der Waals surface area contributed by atoms with Crippen LogP contribution in [0.5, 0.6) is 0 Å². The van der Waals surface area contributed by atoms with Crippen LogP contribution in [0.3, 0.4) is 0 Å². The molecule has 116 valence electrons. The number of imide groups is 1. The molecule has 2 aliphatic rings. The van der Waals surface area contributed by atoms with Gasteiger partial charge >= 0.3 is 0 Å². The number of fused-ring (bicyclic) bond motifs is 1.